The molecule has 0 bridgehead atoms. The molecular weight excluding hydrogens is 289 g/mol. The lowest BCUT2D eigenvalue weighted by Crippen LogP contribution is -2.12. The van der Waals surface area contributed by atoms with Crippen LogP contribution in [0.2, 0.25) is 5.02 Å². The van der Waals surface area contributed by atoms with Gasteiger partial charge in [0.2, 0.25) is 0 Å². The molecule has 0 aliphatic carbocycles. The van der Waals surface area contributed by atoms with Crippen LogP contribution >= 0.6 is 11.6 Å². The number of halogens is 4. The average Bonchev–Trinajstić information content (AvgIpc) is 2.31. The van der Waals surface area contributed by atoms with Crippen molar-refractivity contribution in [2.24, 2.45) is 0 Å². The van der Waals surface area contributed by atoms with Gasteiger partial charge in [0.1, 0.15) is 0 Å². The monoisotopic (exact) mass is 310 g/mol. The van der Waals surface area contributed by atoms with Crippen LogP contribution in [0.1, 0.15) is 25.0 Å². The van der Waals surface area contributed by atoms with Crippen LogP contribution in [0.15, 0.2) is 18.2 Å². The molecule has 0 radical (unpaired) electrons. The number of rotatable bonds is 4. The molecule has 1 aromatic carbocycles. The summed E-state index contributed by atoms with van der Waals surface area (Å²) in [5.74, 6) is 0. The number of benzene rings is 1. The van der Waals surface area contributed by atoms with E-state index < -0.39 is 11.7 Å². The Bertz CT molecular complexity index is 390. The molecule has 1 N–H and O–H groups in total. The minimum atomic E-state index is -4.39. The van der Waals surface area contributed by atoms with Gasteiger partial charge in [0.15, 0.2) is 0 Å². The Kier molecular flexibility index (Phi) is 8.85. The van der Waals surface area contributed by atoms with Crippen LogP contribution in [0.5, 0.6) is 0 Å². The second-order valence-electron chi connectivity index (χ2n) is 4.51. The van der Waals surface area contributed by atoms with Crippen molar-refractivity contribution in [1.29, 1.82) is 0 Å². The second-order valence-corrected chi connectivity index (χ2v) is 4.91. The van der Waals surface area contributed by atoms with Crippen LogP contribution in [0.25, 0.3) is 0 Å². The molecule has 0 unspecified atom stereocenters. The Morgan fingerprint density at radius 3 is 2.05 bits per heavy atom. The molecule has 0 heterocycles. The van der Waals surface area contributed by atoms with Gasteiger partial charge in [-0.2, -0.15) is 13.2 Å². The van der Waals surface area contributed by atoms with E-state index in [-0.39, 0.29) is 5.02 Å². The lowest BCUT2D eigenvalue weighted by Gasteiger charge is -2.13. The molecule has 0 amide bonds. The van der Waals surface area contributed by atoms with Crippen molar-refractivity contribution in [3.05, 3.63) is 34.3 Å². The first kappa shape index (κ1) is 19.2. The SMILES string of the molecule is CCNCC.CN(C)Cc1ccc(Cl)c(C(F)(F)F)c1. The summed E-state index contributed by atoms with van der Waals surface area (Å²) in [6.45, 7) is 6.85. The molecule has 0 aliphatic heterocycles. The highest BCUT2D eigenvalue weighted by Gasteiger charge is 2.33. The van der Waals surface area contributed by atoms with E-state index in [0.717, 1.165) is 19.2 Å². The van der Waals surface area contributed by atoms with Crippen molar-refractivity contribution in [2.75, 3.05) is 27.2 Å². The van der Waals surface area contributed by atoms with Crippen molar-refractivity contribution in [3.63, 3.8) is 0 Å². The molecule has 2 nitrogen and oxygen atoms in total. The smallest absolute Gasteiger partial charge is 0.317 e. The van der Waals surface area contributed by atoms with Gasteiger partial charge in [-0.15, -0.1) is 0 Å². The molecule has 0 spiro atoms. The maximum Gasteiger partial charge on any atom is 0.417 e. The van der Waals surface area contributed by atoms with Gasteiger partial charge < -0.3 is 10.2 Å². The molecule has 1 aromatic rings. The minimum Gasteiger partial charge on any atom is -0.317 e. The van der Waals surface area contributed by atoms with Gasteiger partial charge in [-0.3, -0.25) is 0 Å². The molecule has 0 aromatic heterocycles. The molecule has 6 heteroatoms. The number of alkyl halides is 3. The molecule has 0 saturated carbocycles. The summed E-state index contributed by atoms with van der Waals surface area (Å²) in [5, 5.41) is 2.85. The Morgan fingerprint density at radius 2 is 1.70 bits per heavy atom. The third kappa shape index (κ3) is 7.72. The normalized spacial score (nSPS) is 11.2. The van der Waals surface area contributed by atoms with Crippen LogP contribution in [0.3, 0.4) is 0 Å². The first-order chi connectivity index (χ1) is 9.22. The quantitative estimate of drug-likeness (QED) is 0.903. The van der Waals surface area contributed by atoms with E-state index in [0.29, 0.717) is 12.1 Å². The zero-order valence-corrected chi connectivity index (χ0v) is 13.1. The maximum atomic E-state index is 12.5. The minimum absolute atomic E-state index is 0.259. The Balaban J connectivity index is 0.000000621. The van der Waals surface area contributed by atoms with E-state index in [1.54, 1.807) is 25.1 Å². The third-order valence-corrected chi connectivity index (χ3v) is 2.66. The fourth-order valence-electron chi connectivity index (χ4n) is 1.50. The van der Waals surface area contributed by atoms with Crippen LogP contribution in [0.4, 0.5) is 13.2 Å². The summed E-state index contributed by atoms with van der Waals surface area (Å²) < 4.78 is 37.4. The second kappa shape index (κ2) is 9.21. The van der Waals surface area contributed by atoms with Crippen LogP contribution in [-0.4, -0.2) is 32.1 Å². The summed E-state index contributed by atoms with van der Waals surface area (Å²) >= 11 is 5.48. The molecular formula is C14H22ClF3N2. The third-order valence-electron chi connectivity index (χ3n) is 2.33. The van der Waals surface area contributed by atoms with Gasteiger partial charge in [0.05, 0.1) is 10.6 Å². The van der Waals surface area contributed by atoms with Gasteiger partial charge in [-0.25, -0.2) is 0 Å². The predicted octanol–water partition coefficient (Wildman–Crippen LogP) is 4.04. The van der Waals surface area contributed by atoms with Crippen molar-refractivity contribution < 1.29 is 13.2 Å². The molecule has 20 heavy (non-hydrogen) atoms. The molecule has 0 saturated heterocycles. The fourth-order valence-corrected chi connectivity index (χ4v) is 1.73. The standard InChI is InChI=1S/C10H11ClF3N.C4H11N/c1-15(2)6-7-3-4-9(11)8(5-7)10(12,13)14;1-3-5-4-2/h3-5H,6H2,1-2H3;5H,3-4H2,1-2H3. The lowest BCUT2D eigenvalue weighted by molar-refractivity contribution is -0.137. The number of hydrogen-bond acceptors (Lipinski definition) is 2. The molecule has 0 fully saturated rings. The fraction of sp³-hybridized carbons (Fsp3) is 0.571. The molecule has 0 aliphatic rings. The lowest BCUT2D eigenvalue weighted by atomic mass is 10.1. The zero-order chi connectivity index (χ0) is 15.8. The highest BCUT2D eigenvalue weighted by atomic mass is 35.5. The van der Waals surface area contributed by atoms with E-state index in [9.17, 15) is 13.2 Å². The summed E-state index contributed by atoms with van der Waals surface area (Å²) in [6.07, 6.45) is -4.39. The van der Waals surface area contributed by atoms with Crippen molar-refractivity contribution >= 4 is 11.6 Å². The van der Waals surface area contributed by atoms with Crippen molar-refractivity contribution in [1.82, 2.24) is 10.2 Å². The predicted molar refractivity (Wildman–Crippen MR) is 78.1 cm³/mol. The van der Waals surface area contributed by atoms with E-state index >= 15 is 0 Å². The van der Waals surface area contributed by atoms with Crippen LogP contribution in [-0.2, 0) is 12.7 Å². The van der Waals surface area contributed by atoms with Crippen molar-refractivity contribution in [3.8, 4) is 0 Å². The maximum absolute atomic E-state index is 12.5. The summed E-state index contributed by atoms with van der Waals surface area (Å²) in [5.41, 5.74) is -0.180. The highest BCUT2D eigenvalue weighted by molar-refractivity contribution is 6.31. The van der Waals surface area contributed by atoms with Gasteiger partial charge in [0, 0.05) is 6.54 Å². The first-order valence-corrected chi connectivity index (χ1v) is 6.81. The average molecular weight is 311 g/mol. The number of nitrogens with one attached hydrogen (secondary N) is 1. The van der Waals surface area contributed by atoms with Gasteiger partial charge in [0.25, 0.3) is 0 Å². The Morgan fingerprint density at radius 1 is 1.15 bits per heavy atom. The summed E-state index contributed by atoms with van der Waals surface area (Å²) in [6, 6.07) is 3.96. The summed E-state index contributed by atoms with van der Waals surface area (Å²) in [4.78, 5) is 1.80. The Hall–Kier alpha value is -0.780. The van der Waals surface area contributed by atoms with Gasteiger partial charge >= 0.3 is 6.18 Å². The molecule has 116 valence electrons. The summed E-state index contributed by atoms with van der Waals surface area (Å²) in [7, 11) is 3.59. The van der Waals surface area contributed by atoms with E-state index in [4.69, 9.17) is 11.6 Å². The van der Waals surface area contributed by atoms with Crippen molar-refractivity contribution in [2.45, 2.75) is 26.6 Å². The van der Waals surface area contributed by atoms with E-state index in [1.807, 2.05) is 0 Å². The zero-order valence-electron chi connectivity index (χ0n) is 12.3. The van der Waals surface area contributed by atoms with Crippen LogP contribution < -0.4 is 5.32 Å². The van der Waals surface area contributed by atoms with E-state index in [1.165, 1.54) is 6.07 Å². The molecule has 1 rings (SSSR count). The first-order valence-electron chi connectivity index (χ1n) is 6.43. The number of hydrogen-bond donors (Lipinski definition) is 1. The molecule has 0 atom stereocenters. The van der Waals surface area contributed by atoms with Gasteiger partial charge in [-0.1, -0.05) is 31.5 Å². The van der Waals surface area contributed by atoms with Gasteiger partial charge in [-0.05, 0) is 44.9 Å². The Labute approximate surface area is 123 Å². The van der Waals surface area contributed by atoms with E-state index in [2.05, 4.69) is 19.2 Å². The van der Waals surface area contributed by atoms with Crippen LogP contribution in [0, 0.1) is 0 Å². The number of nitrogens with zero attached hydrogens (tertiary/aromatic N) is 1. The topological polar surface area (TPSA) is 15.3 Å². The largest absolute Gasteiger partial charge is 0.417 e. The highest BCUT2D eigenvalue weighted by Crippen LogP contribution is 2.35.